The largest absolute Gasteiger partial charge is 0.396 e. The maximum atomic E-state index is 12.1. The average molecular weight is 334 g/mol. The summed E-state index contributed by atoms with van der Waals surface area (Å²) in [6.45, 7) is 0.840. The molecule has 7 heteroatoms. The van der Waals surface area contributed by atoms with Crippen molar-refractivity contribution in [2.24, 2.45) is 0 Å². The highest BCUT2D eigenvalue weighted by Gasteiger charge is 2.08. The van der Waals surface area contributed by atoms with Crippen molar-refractivity contribution in [3.05, 3.63) is 36.0 Å². The van der Waals surface area contributed by atoms with Crippen LogP contribution < -0.4 is 15.5 Å². The lowest BCUT2D eigenvalue weighted by Crippen LogP contribution is -2.14. The van der Waals surface area contributed by atoms with Crippen molar-refractivity contribution in [2.45, 2.75) is 12.8 Å². The summed E-state index contributed by atoms with van der Waals surface area (Å²) in [4.78, 5) is 18.2. The third kappa shape index (κ3) is 5.54. The second kappa shape index (κ2) is 8.50. The molecule has 1 amide bonds. The number of thiazole rings is 1. The van der Waals surface area contributed by atoms with Crippen LogP contribution in [0.3, 0.4) is 0 Å². The molecule has 0 radical (unpaired) electrons. The van der Waals surface area contributed by atoms with E-state index in [1.165, 1.54) is 11.3 Å². The molecule has 3 N–H and O–H groups in total. The SMILES string of the molecule is CN(C)c1ccc(CC(=O)Nc2ncc(NCCCO)s2)cc1. The lowest BCUT2D eigenvalue weighted by atomic mass is 10.1. The van der Waals surface area contributed by atoms with Crippen LogP contribution in [0.1, 0.15) is 12.0 Å². The van der Waals surface area contributed by atoms with Gasteiger partial charge in [-0.1, -0.05) is 23.5 Å². The fourth-order valence-corrected chi connectivity index (χ4v) is 2.72. The second-order valence-electron chi connectivity index (χ2n) is 5.32. The van der Waals surface area contributed by atoms with Crippen molar-refractivity contribution in [3.8, 4) is 0 Å². The topological polar surface area (TPSA) is 77.5 Å². The number of aromatic nitrogens is 1. The van der Waals surface area contributed by atoms with E-state index in [4.69, 9.17) is 5.11 Å². The number of rotatable bonds is 8. The number of carbonyl (C=O) groups excluding carboxylic acids is 1. The van der Waals surface area contributed by atoms with Gasteiger partial charge in [0.15, 0.2) is 5.13 Å². The third-order valence-corrected chi connectivity index (χ3v) is 4.07. The van der Waals surface area contributed by atoms with Gasteiger partial charge < -0.3 is 20.6 Å². The minimum atomic E-state index is -0.0844. The third-order valence-electron chi connectivity index (χ3n) is 3.20. The molecule has 0 saturated heterocycles. The van der Waals surface area contributed by atoms with Crippen molar-refractivity contribution in [1.29, 1.82) is 0 Å². The normalized spacial score (nSPS) is 10.4. The maximum Gasteiger partial charge on any atom is 0.230 e. The summed E-state index contributed by atoms with van der Waals surface area (Å²) in [5.74, 6) is -0.0844. The van der Waals surface area contributed by atoms with Gasteiger partial charge in [0.05, 0.1) is 12.6 Å². The molecule has 0 saturated carbocycles. The van der Waals surface area contributed by atoms with Gasteiger partial charge in [-0.25, -0.2) is 4.98 Å². The number of nitrogens with zero attached hydrogens (tertiary/aromatic N) is 2. The predicted octanol–water partition coefficient (Wildman–Crippen LogP) is 2.18. The first kappa shape index (κ1) is 17.2. The fraction of sp³-hybridized carbons (Fsp3) is 0.375. The van der Waals surface area contributed by atoms with Gasteiger partial charge in [-0.3, -0.25) is 4.79 Å². The summed E-state index contributed by atoms with van der Waals surface area (Å²) in [5.41, 5.74) is 2.07. The van der Waals surface area contributed by atoms with Crippen molar-refractivity contribution < 1.29 is 9.90 Å². The van der Waals surface area contributed by atoms with Crippen molar-refractivity contribution >= 4 is 33.1 Å². The number of aliphatic hydroxyl groups excluding tert-OH is 1. The Labute approximate surface area is 140 Å². The number of anilines is 3. The molecular weight excluding hydrogens is 312 g/mol. The molecule has 1 heterocycles. The first-order chi connectivity index (χ1) is 11.1. The number of nitrogens with one attached hydrogen (secondary N) is 2. The van der Waals surface area contributed by atoms with E-state index in [0.717, 1.165) is 16.3 Å². The number of hydrogen-bond donors (Lipinski definition) is 3. The quantitative estimate of drug-likeness (QED) is 0.645. The van der Waals surface area contributed by atoms with Crippen LogP contribution in [0.4, 0.5) is 15.8 Å². The molecule has 0 atom stereocenters. The summed E-state index contributed by atoms with van der Waals surface area (Å²) in [6, 6.07) is 7.90. The van der Waals surface area contributed by atoms with Gasteiger partial charge in [-0.05, 0) is 24.1 Å². The van der Waals surface area contributed by atoms with Crippen LogP contribution in [0.25, 0.3) is 0 Å². The van der Waals surface area contributed by atoms with Crippen molar-refractivity contribution in [3.63, 3.8) is 0 Å². The van der Waals surface area contributed by atoms with E-state index in [9.17, 15) is 4.79 Å². The molecule has 1 aromatic heterocycles. The Bertz CT molecular complexity index is 625. The lowest BCUT2D eigenvalue weighted by molar-refractivity contribution is -0.115. The standard InChI is InChI=1S/C16H22N4O2S/c1-20(2)13-6-4-12(5-7-13)10-14(22)19-16-18-11-15(23-16)17-8-3-9-21/h4-7,11,17,21H,3,8-10H2,1-2H3,(H,18,19,22). The first-order valence-corrected chi connectivity index (χ1v) is 8.27. The minimum Gasteiger partial charge on any atom is -0.396 e. The number of hydrogen-bond acceptors (Lipinski definition) is 6. The lowest BCUT2D eigenvalue weighted by Gasteiger charge is -2.12. The maximum absolute atomic E-state index is 12.1. The monoisotopic (exact) mass is 334 g/mol. The molecule has 23 heavy (non-hydrogen) atoms. The van der Waals surface area contributed by atoms with Gasteiger partial charge in [0.1, 0.15) is 5.00 Å². The zero-order valence-electron chi connectivity index (χ0n) is 13.4. The predicted molar refractivity (Wildman–Crippen MR) is 95.4 cm³/mol. The Balaban J connectivity index is 1.84. The summed E-state index contributed by atoms with van der Waals surface area (Å²) < 4.78 is 0. The molecule has 0 bridgehead atoms. The number of benzene rings is 1. The van der Waals surface area contributed by atoms with Gasteiger partial charge in [-0.2, -0.15) is 0 Å². The smallest absolute Gasteiger partial charge is 0.230 e. The molecule has 2 aromatic rings. The van der Waals surface area contributed by atoms with Crippen LogP contribution in [0.5, 0.6) is 0 Å². The fourth-order valence-electron chi connectivity index (χ4n) is 1.97. The molecule has 0 fully saturated rings. The van der Waals surface area contributed by atoms with E-state index >= 15 is 0 Å². The number of amides is 1. The zero-order chi connectivity index (χ0) is 16.7. The second-order valence-corrected chi connectivity index (χ2v) is 6.35. The summed E-state index contributed by atoms with van der Waals surface area (Å²) in [6.07, 6.45) is 2.69. The van der Waals surface area contributed by atoms with Gasteiger partial charge in [-0.15, -0.1) is 0 Å². The van der Waals surface area contributed by atoms with Crippen LogP contribution in [0, 0.1) is 0 Å². The van der Waals surface area contributed by atoms with Crippen molar-refractivity contribution in [1.82, 2.24) is 4.98 Å². The highest BCUT2D eigenvalue weighted by molar-refractivity contribution is 7.19. The molecule has 0 aliphatic carbocycles. The van der Waals surface area contributed by atoms with E-state index in [-0.39, 0.29) is 12.5 Å². The van der Waals surface area contributed by atoms with E-state index < -0.39 is 0 Å². The van der Waals surface area contributed by atoms with Crippen molar-refractivity contribution in [2.75, 3.05) is 42.8 Å². The van der Waals surface area contributed by atoms with E-state index in [1.807, 2.05) is 43.3 Å². The first-order valence-electron chi connectivity index (χ1n) is 7.45. The van der Waals surface area contributed by atoms with Crippen LogP contribution in [0.2, 0.25) is 0 Å². The summed E-state index contributed by atoms with van der Waals surface area (Å²) in [7, 11) is 3.96. The van der Waals surface area contributed by atoms with Gasteiger partial charge in [0, 0.05) is 32.9 Å². The van der Waals surface area contributed by atoms with Gasteiger partial charge >= 0.3 is 0 Å². The minimum absolute atomic E-state index is 0.0844. The number of aliphatic hydroxyl groups is 1. The number of carbonyl (C=O) groups is 1. The Morgan fingerprint density at radius 3 is 2.70 bits per heavy atom. The van der Waals surface area contributed by atoms with E-state index in [0.29, 0.717) is 24.5 Å². The Morgan fingerprint density at radius 1 is 1.30 bits per heavy atom. The van der Waals surface area contributed by atoms with Crippen LogP contribution in [-0.2, 0) is 11.2 Å². The highest BCUT2D eigenvalue weighted by atomic mass is 32.1. The molecule has 124 valence electrons. The van der Waals surface area contributed by atoms with Gasteiger partial charge in [0.25, 0.3) is 0 Å². The molecule has 6 nitrogen and oxygen atoms in total. The van der Waals surface area contributed by atoms with Crippen LogP contribution in [-0.4, -0.2) is 43.2 Å². The molecule has 1 aromatic carbocycles. The Morgan fingerprint density at radius 2 is 2.04 bits per heavy atom. The zero-order valence-corrected chi connectivity index (χ0v) is 14.2. The molecule has 0 spiro atoms. The molecule has 2 rings (SSSR count). The molecule has 0 aliphatic rings. The van der Waals surface area contributed by atoms with E-state index in [1.54, 1.807) is 6.20 Å². The molecular formula is C16H22N4O2S. The average Bonchev–Trinajstić information content (AvgIpc) is 2.95. The van der Waals surface area contributed by atoms with Crippen LogP contribution >= 0.6 is 11.3 Å². The Hall–Kier alpha value is -2.12. The van der Waals surface area contributed by atoms with Crippen LogP contribution in [0.15, 0.2) is 30.5 Å². The van der Waals surface area contributed by atoms with Gasteiger partial charge in [0.2, 0.25) is 5.91 Å². The molecule has 0 aliphatic heterocycles. The van der Waals surface area contributed by atoms with E-state index in [2.05, 4.69) is 15.6 Å². The highest BCUT2D eigenvalue weighted by Crippen LogP contribution is 2.23. The Kier molecular flexibility index (Phi) is 6.37. The summed E-state index contributed by atoms with van der Waals surface area (Å²) >= 11 is 1.39. The summed E-state index contributed by atoms with van der Waals surface area (Å²) in [5, 5.41) is 16.2. The molecule has 0 unspecified atom stereocenters.